The first-order valence-corrected chi connectivity index (χ1v) is 10.6. The normalized spacial score (nSPS) is 12.9. The number of aryl methyl sites for hydroxylation is 2. The lowest BCUT2D eigenvalue weighted by molar-refractivity contribution is -0.146. The Morgan fingerprint density at radius 1 is 0.966 bits per heavy atom. The van der Waals surface area contributed by atoms with Crippen LogP contribution in [0.5, 0.6) is 5.75 Å². The Morgan fingerprint density at radius 3 is 2.31 bits per heavy atom. The zero-order chi connectivity index (χ0) is 21.1. The Morgan fingerprint density at radius 2 is 1.62 bits per heavy atom. The lowest BCUT2D eigenvalue weighted by atomic mass is 10.1. The predicted molar refractivity (Wildman–Crippen MR) is 114 cm³/mol. The molecule has 1 heterocycles. The van der Waals surface area contributed by atoms with E-state index in [2.05, 4.69) is 31.9 Å². The number of nitrogens with zero attached hydrogens (tertiary/aromatic N) is 1. The number of carbonyl (C=O) groups is 3. The lowest BCUT2D eigenvalue weighted by Crippen LogP contribution is -2.31. The SMILES string of the molecule is Cc1cc(Br)cc(C)c1OCC(=O)OCCCN1C(=O)c2ccc(Br)cc2C1=O. The van der Waals surface area contributed by atoms with Gasteiger partial charge in [-0.2, -0.15) is 0 Å². The molecule has 0 aliphatic carbocycles. The second kappa shape index (κ2) is 9.09. The average molecular weight is 525 g/mol. The van der Waals surface area contributed by atoms with Gasteiger partial charge in [-0.25, -0.2) is 4.79 Å². The zero-order valence-corrected chi connectivity index (χ0v) is 19.1. The van der Waals surface area contributed by atoms with E-state index in [0.29, 0.717) is 23.3 Å². The van der Waals surface area contributed by atoms with Gasteiger partial charge < -0.3 is 9.47 Å². The summed E-state index contributed by atoms with van der Waals surface area (Å²) in [6.07, 6.45) is 0.356. The molecule has 0 radical (unpaired) electrons. The van der Waals surface area contributed by atoms with Gasteiger partial charge >= 0.3 is 5.97 Å². The van der Waals surface area contributed by atoms with Crippen LogP contribution in [0.2, 0.25) is 0 Å². The summed E-state index contributed by atoms with van der Waals surface area (Å²) in [6, 6.07) is 8.81. The van der Waals surface area contributed by atoms with Crippen LogP contribution in [0.1, 0.15) is 38.3 Å². The summed E-state index contributed by atoms with van der Waals surface area (Å²) in [5, 5.41) is 0. The van der Waals surface area contributed by atoms with Crippen LogP contribution in [-0.2, 0) is 9.53 Å². The molecule has 0 atom stereocenters. The van der Waals surface area contributed by atoms with Crippen LogP contribution in [0.4, 0.5) is 0 Å². The van der Waals surface area contributed by atoms with E-state index in [4.69, 9.17) is 9.47 Å². The summed E-state index contributed by atoms with van der Waals surface area (Å²) in [5.41, 5.74) is 2.61. The van der Waals surface area contributed by atoms with E-state index in [0.717, 1.165) is 20.1 Å². The summed E-state index contributed by atoms with van der Waals surface area (Å²) in [6.45, 7) is 3.88. The summed E-state index contributed by atoms with van der Waals surface area (Å²) < 4.78 is 12.4. The molecule has 2 amide bonds. The van der Waals surface area contributed by atoms with Crippen LogP contribution in [0, 0.1) is 13.8 Å². The van der Waals surface area contributed by atoms with Crippen molar-refractivity contribution in [3.8, 4) is 5.75 Å². The van der Waals surface area contributed by atoms with Crippen molar-refractivity contribution in [3.63, 3.8) is 0 Å². The van der Waals surface area contributed by atoms with Gasteiger partial charge in [0.2, 0.25) is 0 Å². The molecule has 0 unspecified atom stereocenters. The molecule has 0 N–H and O–H groups in total. The molecule has 1 aliphatic rings. The number of benzene rings is 2. The molecule has 2 aromatic rings. The van der Waals surface area contributed by atoms with E-state index in [1.165, 1.54) is 4.90 Å². The minimum atomic E-state index is -0.502. The Bertz CT molecular complexity index is 966. The van der Waals surface area contributed by atoms with Gasteiger partial charge in [0.25, 0.3) is 11.8 Å². The maximum atomic E-state index is 12.4. The molecule has 0 bridgehead atoms. The molecule has 2 aromatic carbocycles. The van der Waals surface area contributed by atoms with Crippen molar-refractivity contribution < 1.29 is 23.9 Å². The molecule has 29 heavy (non-hydrogen) atoms. The molecule has 0 aromatic heterocycles. The van der Waals surface area contributed by atoms with Crippen LogP contribution in [-0.4, -0.2) is 42.4 Å². The molecular formula is C21H19Br2NO5. The third-order valence-electron chi connectivity index (χ3n) is 4.48. The van der Waals surface area contributed by atoms with Crippen molar-refractivity contribution in [1.29, 1.82) is 0 Å². The third-order valence-corrected chi connectivity index (χ3v) is 5.43. The highest BCUT2D eigenvalue weighted by Crippen LogP contribution is 2.28. The van der Waals surface area contributed by atoms with Crippen LogP contribution in [0.25, 0.3) is 0 Å². The fourth-order valence-electron chi connectivity index (χ4n) is 3.17. The number of halogens is 2. The standard InChI is InChI=1S/C21H19Br2NO5/c1-12-8-15(23)9-13(2)19(12)29-11-18(25)28-7-3-6-24-20(26)16-5-4-14(22)10-17(16)21(24)27/h4-5,8-10H,3,6-7,11H2,1-2H3. The molecule has 1 aliphatic heterocycles. The van der Waals surface area contributed by atoms with Crippen LogP contribution >= 0.6 is 31.9 Å². The van der Waals surface area contributed by atoms with Crippen molar-refractivity contribution in [2.45, 2.75) is 20.3 Å². The lowest BCUT2D eigenvalue weighted by Gasteiger charge is -2.14. The Balaban J connectivity index is 1.45. The van der Waals surface area contributed by atoms with E-state index < -0.39 is 5.97 Å². The van der Waals surface area contributed by atoms with Crippen molar-refractivity contribution in [2.75, 3.05) is 19.8 Å². The van der Waals surface area contributed by atoms with Gasteiger partial charge in [-0.05, 0) is 61.7 Å². The number of esters is 1. The topological polar surface area (TPSA) is 72.9 Å². The first kappa shape index (κ1) is 21.5. The van der Waals surface area contributed by atoms with E-state index in [9.17, 15) is 14.4 Å². The fourth-order valence-corrected chi connectivity index (χ4v) is 4.22. The summed E-state index contributed by atoms with van der Waals surface area (Å²) in [7, 11) is 0. The predicted octanol–water partition coefficient (Wildman–Crippen LogP) is 4.44. The number of imide groups is 1. The van der Waals surface area contributed by atoms with Gasteiger partial charge in [-0.1, -0.05) is 31.9 Å². The van der Waals surface area contributed by atoms with Crippen LogP contribution in [0.3, 0.4) is 0 Å². The molecule has 6 nitrogen and oxygen atoms in total. The molecule has 0 spiro atoms. The molecular weight excluding hydrogens is 506 g/mol. The quantitative estimate of drug-likeness (QED) is 0.304. The largest absolute Gasteiger partial charge is 0.481 e. The summed E-state index contributed by atoms with van der Waals surface area (Å²) in [4.78, 5) is 37.9. The van der Waals surface area contributed by atoms with E-state index in [-0.39, 0.29) is 31.6 Å². The number of carbonyl (C=O) groups excluding carboxylic acids is 3. The number of ether oxygens (including phenoxy) is 2. The summed E-state index contributed by atoms with van der Waals surface area (Å²) >= 11 is 6.72. The van der Waals surface area contributed by atoms with E-state index >= 15 is 0 Å². The van der Waals surface area contributed by atoms with Gasteiger partial charge in [0.1, 0.15) is 5.75 Å². The molecule has 0 fully saturated rings. The van der Waals surface area contributed by atoms with Crippen LogP contribution in [0.15, 0.2) is 39.3 Å². The van der Waals surface area contributed by atoms with Gasteiger partial charge in [0, 0.05) is 15.5 Å². The van der Waals surface area contributed by atoms with E-state index in [1.54, 1.807) is 18.2 Å². The highest BCUT2D eigenvalue weighted by Gasteiger charge is 2.35. The molecule has 0 saturated carbocycles. The minimum absolute atomic E-state index is 0.0948. The third kappa shape index (κ3) is 4.87. The minimum Gasteiger partial charge on any atom is -0.481 e. The highest BCUT2D eigenvalue weighted by atomic mass is 79.9. The van der Waals surface area contributed by atoms with Crippen molar-refractivity contribution in [1.82, 2.24) is 4.90 Å². The van der Waals surface area contributed by atoms with Gasteiger partial charge in [0.05, 0.1) is 17.7 Å². The number of rotatable bonds is 7. The second-order valence-corrected chi connectivity index (χ2v) is 8.51. The Labute approximate surface area is 185 Å². The molecule has 0 saturated heterocycles. The Hall–Kier alpha value is -2.19. The van der Waals surface area contributed by atoms with Crippen LogP contribution < -0.4 is 4.74 Å². The van der Waals surface area contributed by atoms with Gasteiger partial charge in [-0.3, -0.25) is 14.5 Å². The smallest absolute Gasteiger partial charge is 0.344 e. The van der Waals surface area contributed by atoms with Crippen molar-refractivity contribution in [3.05, 3.63) is 61.5 Å². The first-order valence-electron chi connectivity index (χ1n) is 8.99. The monoisotopic (exact) mass is 523 g/mol. The first-order chi connectivity index (χ1) is 13.8. The van der Waals surface area contributed by atoms with Gasteiger partial charge in [0.15, 0.2) is 6.61 Å². The molecule has 152 valence electrons. The van der Waals surface area contributed by atoms with Crippen molar-refractivity contribution in [2.24, 2.45) is 0 Å². The van der Waals surface area contributed by atoms with Gasteiger partial charge in [-0.15, -0.1) is 0 Å². The fraction of sp³-hybridized carbons (Fsp3) is 0.286. The maximum Gasteiger partial charge on any atom is 0.344 e. The number of amides is 2. The second-order valence-electron chi connectivity index (χ2n) is 6.68. The molecule has 8 heteroatoms. The number of fused-ring (bicyclic) bond motifs is 1. The highest BCUT2D eigenvalue weighted by molar-refractivity contribution is 9.10. The van der Waals surface area contributed by atoms with Crippen molar-refractivity contribution >= 4 is 49.6 Å². The Kier molecular flexibility index (Phi) is 6.74. The van der Waals surface area contributed by atoms with E-state index in [1.807, 2.05) is 26.0 Å². The number of hydrogen-bond donors (Lipinski definition) is 0. The maximum absolute atomic E-state index is 12.4. The summed E-state index contributed by atoms with van der Waals surface area (Å²) in [5.74, 6) is -0.504. The number of hydrogen-bond acceptors (Lipinski definition) is 5. The average Bonchev–Trinajstić information content (AvgIpc) is 2.88. The zero-order valence-electron chi connectivity index (χ0n) is 16.0. The molecule has 3 rings (SSSR count).